The number of rotatable bonds is 4. The second kappa shape index (κ2) is 6.58. The average Bonchev–Trinajstić information content (AvgIpc) is 2.78. The lowest BCUT2D eigenvalue weighted by Crippen LogP contribution is -2.36. The molecule has 0 aromatic carbocycles. The Hall–Kier alpha value is -2.08. The molecule has 126 valence electrons. The molecule has 0 aliphatic carbocycles. The lowest BCUT2D eigenvalue weighted by Gasteiger charge is -2.18. The maximum atomic E-state index is 11.8. The van der Waals surface area contributed by atoms with Crippen molar-refractivity contribution in [3.63, 3.8) is 0 Å². The van der Waals surface area contributed by atoms with Crippen molar-refractivity contribution in [2.75, 3.05) is 7.11 Å². The number of aliphatic hydroxyl groups is 2. The summed E-state index contributed by atoms with van der Waals surface area (Å²) in [6.07, 6.45) is -5.42. The van der Waals surface area contributed by atoms with Crippen molar-refractivity contribution in [2.24, 2.45) is 0 Å². The lowest BCUT2D eigenvalue weighted by atomic mass is 10.1. The largest absolute Gasteiger partial charge is 0.479 e. The molecule has 1 fully saturated rings. The molecule has 1 aromatic heterocycles. The number of carbonyl (C=O) groups is 2. The fourth-order valence-electron chi connectivity index (χ4n) is 2.16. The van der Waals surface area contributed by atoms with Crippen LogP contribution in [0.4, 0.5) is 0 Å². The molecule has 10 nitrogen and oxygen atoms in total. The van der Waals surface area contributed by atoms with Crippen LogP contribution in [0.25, 0.3) is 0 Å². The molecule has 0 spiro atoms. The number of carboxylic acids is 1. The molecule has 23 heavy (non-hydrogen) atoms. The summed E-state index contributed by atoms with van der Waals surface area (Å²) in [5.41, 5.74) is -0.644. The number of carbonyl (C=O) groups excluding carboxylic acids is 1. The van der Waals surface area contributed by atoms with Crippen LogP contribution in [-0.4, -0.2) is 62.2 Å². The van der Waals surface area contributed by atoms with Crippen LogP contribution in [0, 0.1) is 4.77 Å². The number of hydrogen-bond acceptors (Lipinski definition) is 8. The minimum atomic E-state index is -1.67. The van der Waals surface area contributed by atoms with E-state index >= 15 is 0 Å². The first-order valence-electron chi connectivity index (χ1n) is 6.41. The van der Waals surface area contributed by atoms with Crippen molar-refractivity contribution < 1.29 is 34.4 Å². The Kier molecular flexibility index (Phi) is 4.94. The van der Waals surface area contributed by atoms with Crippen LogP contribution in [0.15, 0.2) is 11.0 Å². The van der Waals surface area contributed by atoms with Gasteiger partial charge in [0.25, 0.3) is 5.56 Å². The second-order valence-electron chi connectivity index (χ2n) is 4.84. The van der Waals surface area contributed by atoms with E-state index in [0.29, 0.717) is 0 Å². The van der Waals surface area contributed by atoms with Gasteiger partial charge in [-0.1, -0.05) is 0 Å². The van der Waals surface area contributed by atoms with Gasteiger partial charge in [-0.15, -0.1) is 0 Å². The van der Waals surface area contributed by atoms with E-state index in [0.717, 1.165) is 17.9 Å². The fraction of sp³-hybridized carbons (Fsp3) is 0.500. The van der Waals surface area contributed by atoms with Crippen molar-refractivity contribution >= 4 is 24.2 Å². The topological polar surface area (TPSA) is 151 Å². The lowest BCUT2D eigenvalue weighted by molar-refractivity contribution is -0.155. The number of aromatic amines is 1. The van der Waals surface area contributed by atoms with E-state index in [4.69, 9.17) is 22.1 Å². The van der Waals surface area contributed by atoms with Crippen LogP contribution in [0.3, 0.4) is 0 Å². The smallest absolute Gasteiger partial charge is 0.335 e. The Morgan fingerprint density at radius 1 is 1.43 bits per heavy atom. The third kappa shape index (κ3) is 3.32. The third-order valence-electron chi connectivity index (χ3n) is 3.36. The van der Waals surface area contributed by atoms with Gasteiger partial charge in [-0.3, -0.25) is 19.1 Å². The Morgan fingerprint density at radius 3 is 2.61 bits per heavy atom. The molecule has 0 radical (unpaired) electrons. The quantitative estimate of drug-likeness (QED) is 0.370. The molecule has 0 unspecified atom stereocenters. The summed E-state index contributed by atoms with van der Waals surface area (Å²) >= 11 is 4.94. The summed E-state index contributed by atoms with van der Waals surface area (Å²) in [7, 11) is 1.16. The number of nitrogens with zero attached hydrogens (tertiary/aromatic N) is 1. The van der Waals surface area contributed by atoms with Gasteiger partial charge >= 0.3 is 11.9 Å². The maximum absolute atomic E-state index is 11.8. The van der Waals surface area contributed by atoms with Crippen LogP contribution < -0.4 is 5.56 Å². The van der Waals surface area contributed by atoms with Crippen molar-refractivity contribution in [3.8, 4) is 0 Å². The molecule has 1 aliphatic heterocycles. The van der Waals surface area contributed by atoms with Crippen molar-refractivity contribution in [2.45, 2.75) is 31.0 Å². The maximum Gasteiger partial charge on any atom is 0.335 e. The summed E-state index contributed by atoms with van der Waals surface area (Å²) in [6.45, 7) is 0. The number of hydrogen-bond donors (Lipinski definition) is 4. The third-order valence-corrected chi connectivity index (χ3v) is 3.67. The van der Waals surface area contributed by atoms with Gasteiger partial charge in [-0.05, 0) is 12.2 Å². The summed E-state index contributed by atoms with van der Waals surface area (Å²) in [5, 5.41) is 28.6. The molecule has 0 bridgehead atoms. The summed E-state index contributed by atoms with van der Waals surface area (Å²) < 4.78 is 10.5. The number of aromatic nitrogens is 2. The fourth-order valence-corrected chi connectivity index (χ4v) is 2.41. The van der Waals surface area contributed by atoms with Crippen molar-refractivity contribution in [1.82, 2.24) is 9.55 Å². The number of esters is 1. The molecule has 4 atom stereocenters. The highest BCUT2D eigenvalue weighted by atomic mass is 32.1. The minimum Gasteiger partial charge on any atom is -0.479 e. The van der Waals surface area contributed by atoms with Gasteiger partial charge in [0.05, 0.1) is 13.5 Å². The SMILES string of the molecule is COC(=O)Cc1cn([C@@H]2O[C@H](C(=O)O)[C@@H](O)[C@H]2O)c(=S)[nH]c1=O. The zero-order valence-electron chi connectivity index (χ0n) is 11.8. The van der Waals surface area contributed by atoms with Gasteiger partial charge in [0, 0.05) is 11.8 Å². The standard InChI is InChI=1S/C12H14N2O8S/c1-21-5(15)2-4-3-14(12(23)13-9(4)18)10-7(17)6(16)8(22-10)11(19)20/h3,6-8,10,16-17H,2H2,1H3,(H,19,20)(H,13,18,23)/t6-,7+,8-,10+/m0/s1. The number of aliphatic hydroxyl groups excluding tert-OH is 2. The monoisotopic (exact) mass is 346 g/mol. The molecular formula is C12H14N2O8S. The van der Waals surface area contributed by atoms with Crippen molar-refractivity contribution in [1.29, 1.82) is 0 Å². The van der Waals surface area contributed by atoms with Crippen molar-refractivity contribution in [3.05, 3.63) is 26.9 Å². The molecule has 0 saturated carbocycles. The second-order valence-corrected chi connectivity index (χ2v) is 5.23. The first-order valence-corrected chi connectivity index (χ1v) is 6.82. The highest BCUT2D eigenvalue weighted by Crippen LogP contribution is 2.29. The van der Waals surface area contributed by atoms with Gasteiger partial charge in [-0.2, -0.15) is 0 Å². The van der Waals surface area contributed by atoms with Gasteiger partial charge in [-0.25, -0.2) is 4.79 Å². The van der Waals surface area contributed by atoms with Gasteiger partial charge < -0.3 is 24.8 Å². The van der Waals surface area contributed by atoms with E-state index in [1.807, 2.05) is 0 Å². The van der Waals surface area contributed by atoms with Gasteiger partial charge in [0.2, 0.25) is 0 Å². The predicted molar refractivity (Wildman–Crippen MR) is 75.2 cm³/mol. The summed E-state index contributed by atoms with van der Waals surface area (Å²) in [4.78, 5) is 36.3. The summed E-state index contributed by atoms with van der Waals surface area (Å²) in [6, 6.07) is 0. The van der Waals surface area contributed by atoms with Gasteiger partial charge in [0.15, 0.2) is 17.1 Å². The Balaban J connectivity index is 2.42. The van der Waals surface area contributed by atoms with E-state index in [2.05, 4.69) is 9.72 Å². The first-order chi connectivity index (χ1) is 10.8. The van der Waals surface area contributed by atoms with Crippen LogP contribution in [0.5, 0.6) is 0 Å². The van der Waals surface area contributed by atoms with E-state index < -0.39 is 42.0 Å². The number of nitrogens with one attached hydrogen (secondary N) is 1. The van der Waals surface area contributed by atoms with Crippen LogP contribution in [0.2, 0.25) is 0 Å². The highest BCUT2D eigenvalue weighted by molar-refractivity contribution is 7.71. The van der Waals surface area contributed by atoms with Gasteiger partial charge in [0.1, 0.15) is 12.2 Å². The molecule has 2 heterocycles. The zero-order chi connectivity index (χ0) is 17.3. The number of ether oxygens (including phenoxy) is 2. The molecule has 0 amide bonds. The molecule has 1 saturated heterocycles. The predicted octanol–water partition coefficient (Wildman–Crippen LogP) is -1.67. The van der Waals surface area contributed by atoms with Crippen LogP contribution in [0.1, 0.15) is 11.8 Å². The number of methoxy groups -OCH3 is 1. The normalized spacial score (nSPS) is 26.9. The molecule has 2 rings (SSSR count). The van der Waals surface area contributed by atoms with E-state index in [1.54, 1.807) is 0 Å². The minimum absolute atomic E-state index is 0.0190. The van der Waals surface area contributed by atoms with E-state index in [-0.39, 0.29) is 16.8 Å². The zero-order valence-corrected chi connectivity index (χ0v) is 12.6. The molecule has 11 heteroatoms. The number of carboxylic acid groups (broad SMARTS) is 1. The Bertz CT molecular complexity index is 741. The first kappa shape index (κ1) is 17.3. The van der Waals surface area contributed by atoms with Crippen LogP contribution >= 0.6 is 12.2 Å². The highest BCUT2D eigenvalue weighted by Gasteiger charge is 2.47. The van der Waals surface area contributed by atoms with E-state index in [9.17, 15) is 24.6 Å². The number of aliphatic carboxylic acids is 1. The number of H-pyrrole nitrogens is 1. The Morgan fingerprint density at radius 2 is 2.09 bits per heavy atom. The van der Waals surface area contributed by atoms with E-state index in [1.165, 1.54) is 0 Å². The summed E-state index contributed by atoms with van der Waals surface area (Å²) in [5.74, 6) is -2.12. The Labute approximate surface area is 133 Å². The average molecular weight is 346 g/mol. The molecule has 1 aromatic rings. The molecule has 1 aliphatic rings. The molecular weight excluding hydrogens is 332 g/mol. The molecule has 4 N–H and O–H groups in total. The van der Waals surface area contributed by atoms with Crippen LogP contribution in [-0.2, 0) is 25.5 Å².